The zero-order valence-electron chi connectivity index (χ0n) is 9.17. The van der Waals surface area contributed by atoms with Crippen molar-refractivity contribution in [1.29, 1.82) is 5.26 Å². The second kappa shape index (κ2) is 2.63. The fourth-order valence-corrected chi connectivity index (χ4v) is 1.99. The van der Waals surface area contributed by atoms with Crippen molar-refractivity contribution in [1.82, 2.24) is 0 Å². The molecule has 1 aliphatic rings. The van der Waals surface area contributed by atoms with Gasteiger partial charge in [-0.2, -0.15) is 5.26 Å². The molecule has 1 saturated carbocycles. The van der Waals surface area contributed by atoms with Crippen LogP contribution in [0.25, 0.3) is 0 Å². The van der Waals surface area contributed by atoms with Gasteiger partial charge in [0.15, 0.2) is 0 Å². The number of ether oxygens (including phenoxy) is 2. The summed E-state index contributed by atoms with van der Waals surface area (Å²) in [6, 6.07) is 2.08. The van der Waals surface area contributed by atoms with Crippen LogP contribution in [0.5, 0.6) is 0 Å². The molecule has 1 rings (SSSR count). The first-order chi connectivity index (χ1) is 6.27. The Morgan fingerprint density at radius 3 is 1.86 bits per heavy atom. The van der Waals surface area contributed by atoms with Crippen LogP contribution in [0, 0.1) is 22.2 Å². The highest BCUT2D eigenvalue weighted by Crippen LogP contribution is 2.73. The number of carbonyl (C=O) groups excluding carboxylic acids is 1. The van der Waals surface area contributed by atoms with E-state index >= 15 is 0 Å². The number of nitrogens with zero attached hydrogens (tertiary/aromatic N) is 1. The van der Waals surface area contributed by atoms with Crippen molar-refractivity contribution in [3.8, 4) is 6.07 Å². The van der Waals surface area contributed by atoms with Gasteiger partial charge >= 0.3 is 6.16 Å². The number of hydrogen-bond donors (Lipinski definition) is 0. The smallest absolute Gasteiger partial charge is 0.438 e. The average Bonchev–Trinajstić information content (AvgIpc) is 2.43. The predicted octanol–water partition coefficient (Wildman–Crippen LogP) is 2.10. The normalized spacial score (nSPS) is 24.6. The van der Waals surface area contributed by atoms with Crippen LogP contribution in [0.1, 0.15) is 27.7 Å². The maximum Gasteiger partial charge on any atom is 0.509 e. The molecule has 0 saturated heterocycles. The van der Waals surface area contributed by atoms with Crippen molar-refractivity contribution in [2.24, 2.45) is 10.8 Å². The molecule has 0 bridgehead atoms. The van der Waals surface area contributed by atoms with Crippen molar-refractivity contribution in [2.75, 3.05) is 7.11 Å². The van der Waals surface area contributed by atoms with Crippen LogP contribution in [-0.4, -0.2) is 18.9 Å². The molecular weight excluding hydrogens is 182 g/mol. The summed E-state index contributed by atoms with van der Waals surface area (Å²) in [6.07, 6.45) is -0.801. The van der Waals surface area contributed by atoms with E-state index in [1.54, 1.807) is 0 Å². The van der Waals surface area contributed by atoms with E-state index in [1.165, 1.54) is 7.11 Å². The number of methoxy groups -OCH3 is 1. The quantitative estimate of drug-likeness (QED) is 0.604. The van der Waals surface area contributed by atoms with Gasteiger partial charge in [0.1, 0.15) is 6.07 Å². The summed E-state index contributed by atoms with van der Waals surface area (Å²) in [5.74, 6) is 0. The van der Waals surface area contributed by atoms with Gasteiger partial charge in [0.2, 0.25) is 5.60 Å². The van der Waals surface area contributed by atoms with E-state index in [0.29, 0.717) is 0 Å². The summed E-state index contributed by atoms with van der Waals surface area (Å²) < 4.78 is 9.46. The Morgan fingerprint density at radius 1 is 1.21 bits per heavy atom. The zero-order valence-corrected chi connectivity index (χ0v) is 9.17. The summed E-state index contributed by atoms with van der Waals surface area (Å²) in [4.78, 5) is 11.0. The number of rotatable bonds is 1. The molecule has 1 aliphatic carbocycles. The second-order valence-corrected chi connectivity index (χ2v) is 4.60. The molecule has 0 N–H and O–H groups in total. The molecular formula is C10H15NO3. The Hall–Kier alpha value is -1.24. The van der Waals surface area contributed by atoms with E-state index in [9.17, 15) is 4.79 Å². The fraction of sp³-hybridized carbons (Fsp3) is 0.800. The molecule has 0 amide bonds. The van der Waals surface area contributed by atoms with E-state index in [-0.39, 0.29) is 10.8 Å². The second-order valence-electron chi connectivity index (χ2n) is 4.60. The minimum atomic E-state index is -1.06. The van der Waals surface area contributed by atoms with Gasteiger partial charge in [-0.3, -0.25) is 0 Å². The average molecular weight is 197 g/mol. The van der Waals surface area contributed by atoms with Gasteiger partial charge in [-0.15, -0.1) is 0 Å². The van der Waals surface area contributed by atoms with Crippen LogP contribution in [0.3, 0.4) is 0 Å². The third-order valence-corrected chi connectivity index (χ3v) is 3.82. The summed E-state index contributed by atoms with van der Waals surface area (Å²) >= 11 is 0. The first-order valence-electron chi connectivity index (χ1n) is 4.45. The van der Waals surface area contributed by atoms with Crippen LogP contribution in [0.2, 0.25) is 0 Å². The summed E-state index contributed by atoms with van der Waals surface area (Å²) in [6.45, 7) is 7.61. The molecule has 0 aromatic carbocycles. The Bertz CT molecular complexity index is 298. The van der Waals surface area contributed by atoms with E-state index in [4.69, 9.17) is 10.00 Å². The van der Waals surface area contributed by atoms with Gasteiger partial charge < -0.3 is 9.47 Å². The molecule has 0 spiro atoms. The lowest BCUT2D eigenvalue weighted by Crippen LogP contribution is -2.25. The first-order valence-corrected chi connectivity index (χ1v) is 4.45. The topological polar surface area (TPSA) is 59.3 Å². The van der Waals surface area contributed by atoms with Crippen LogP contribution < -0.4 is 0 Å². The van der Waals surface area contributed by atoms with Crippen molar-refractivity contribution in [3.05, 3.63) is 0 Å². The molecule has 0 aromatic heterocycles. The van der Waals surface area contributed by atoms with Crippen LogP contribution >= 0.6 is 0 Å². The van der Waals surface area contributed by atoms with Gasteiger partial charge in [0.05, 0.1) is 7.11 Å². The minimum absolute atomic E-state index is 0.344. The molecule has 0 aromatic rings. The summed E-state index contributed by atoms with van der Waals surface area (Å²) in [5.41, 5.74) is -1.75. The van der Waals surface area contributed by atoms with E-state index < -0.39 is 11.8 Å². The first kappa shape index (κ1) is 10.8. The molecule has 0 aliphatic heterocycles. The zero-order chi connectivity index (χ0) is 11.2. The van der Waals surface area contributed by atoms with Crippen LogP contribution in [0.4, 0.5) is 4.79 Å². The molecule has 0 heterocycles. The number of hydrogen-bond acceptors (Lipinski definition) is 4. The largest absolute Gasteiger partial charge is 0.509 e. The van der Waals surface area contributed by atoms with E-state index in [1.807, 2.05) is 27.7 Å². The molecule has 0 radical (unpaired) electrons. The summed E-state index contributed by atoms with van der Waals surface area (Å²) in [5, 5.41) is 9.09. The van der Waals surface area contributed by atoms with Gasteiger partial charge in [0, 0.05) is 10.8 Å². The van der Waals surface area contributed by atoms with E-state index in [0.717, 1.165) is 0 Å². The molecule has 0 atom stereocenters. The van der Waals surface area contributed by atoms with Gasteiger partial charge in [-0.05, 0) is 0 Å². The van der Waals surface area contributed by atoms with Crippen molar-refractivity contribution in [3.63, 3.8) is 0 Å². The number of carbonyl (C=O) groups is 1. The summed E-state index contributed by atoms with van der Waals surface area (Å²) in [7, 11) is 1.23. The third-order valence-electron chi connectivity index (χ3n) is 3.82. The monoisotopic (exact) mass is 197 g/mol. The third kappa shape index (κ3) is 0.899. The predicted molar refractivity (Wildman–Crippen MR) is 49.4 cm³/mol. The molecule has 4 heteroatoms. The SMILES string of the molecule is COC(=O)OC1(C#N)C(C)(C)C1(C)C. The lowest BCUT2D eigenvalue weighted by molar-refractivity contribution is 0.0254. The highest BCUT2D eigenvalue weighted by atomic mass is 16.7. The van der Waals surface area contributed by atoms with Crippen molar-refractivity contribution >= 4 is 6.16 Å². The Labute approximate surface area is 83.8 Å². The fourth-order valence-electron chi connectivity index (χ4n) is 1.99. The maximum atomic E-state index is 11.0. The lowest BCUT2D eigenvalue weighted by Gasteiger charge is -2.12. The number of nitriles is 1. The Morgan fingerprint density at radius 2 is 1.64 bits per heavy atom. The minimum Gasteiger partial charge on any atom is -0.438 e. The van der Waals surface area contributed by atoms with Gasteiger partial charge in [0.25, 0.3) is 0 Å². The van der Waals surface area contributed by atoms with E-state index in [2.05, 4.69) is 10.8 Å². The van der Waals surface area contributed by atoms with Crippen LogP contribution in [0.15, 0.2) is 0 Å². The molecule has 14 heavy (non-hydrogen) atoms. The molecule has 0 unspecified atom stereocenters. The van der Waals surface area contributed by atoms with Crippen molar-refractivity contribution in [2.45, 2.75) is 33.3 Å². The highest BCUT2D eigenvalue weighted by molar-refractivity contribution is 5.63. The lowest BCUT2D eigenvalue weighted by atomic mass is 10.0. The molecule has 1 fully saturated rings. The maximum absolute atomic E-state index is 11.0. The Balaban J connectivity index is 2.95. The van der Waals surface area contributed by atoms with Gasteiger partial charge in [-0.25, -0.2) is 4.79 Å². The standard InChI is InChI=1S/C10H15NO3/c1-8(2)9(3,4)10(8,6-11)14-7(12)13-5/h1-5H3. The van der Waals surface area contributed by atoms with Crippen LogP contribution in [-0.2, 0) is 9.47 Å². The Kier molecular flexibility index (Phi) is 2.03. The van der Waals surface area contributed by atoms with Crippen molar-refractivity contribution < 1.29 is 14.3 Å². The van der Waals surface area contributed by atoms with Gasteiger partial charge in [-0.1, -0.05) is 27.7 Å². The highest BCUT2D eigenvalue weighted by Gasteiger charge is 2.82. The molecule has 78 valence electrons. The molecule has 4 nitrogen and oxygen atoms in total.